The fraction of sp³-hybridized carbons (Fsp3) is 0.571. The van der Waals surface area contributed by atoms with E-state index in [1.165, 1.54) is 0 Å². The van der Waals surface area contributed by atoms with Crippen LogP contribution in [0.2, 0.25) is 0 Å². The van der Waals surface area contributed by atoms with Gasteiger partial charge >= 0.3 is 0 Å². The molecule has 1 saturated heterocycles. The van der Waals surface area contributed by atoms with Crippen molar-refractivity contribution in [3.8, 4) is 0 Å². The van der Waals surface area contributed by atoms with Crippen molar-refractivity contribution in [3.05, 3.63) is 35.6 Å². The summed E-state index contributed by atoms with van der Waals surface area (Å²) in [5.41, 5.74) is 0.802. The molecule has 1 fully saturated rings. The zero-order valence-electron chi connectivity index (χ0n) is 10.6. The van der Waals surface area contributed by atoms with Crippen LogP contribution >= 0.6 is 0 Å². The first-order valence-corrected chi connectivity index (χ1v) is 6.41. The molecule has 17 heavy (non-hydrogen) atoms. The Labute approximate surface area is 103 Å². The molecule has 0 amide bonds. The van der Waals surface area contributed by atoms with E-state index in [0.717, 1.165) is 25.1 Å². The molecular weight excluding hydrogens is 215 g/mol. The Balaban J connectivity index is 2.04. The van der Waals surface area contributed by atoms with Gasteiger partial charge in [-0.2, -0.15) is 0 Å². The second-order valence-electron chi connectivity index (χ2n) is 4.88. The van der Waals surface area contributed by atoms with E-state index < -0.39 is 0 Å². The third-order valence-electron chi connectivity index (χ3n) is 3.60. The van der Waals surface area contributed by atoms with Gasteiger partial charge < -0.3 is 5.32 Å². The predicted octanol–water partition coefficient (Wildman–Crippen LogP) is 2.40. The van der Waals surface area contributed by atoms with Crippen LogP contribution in [0.1, 0.15) is 25.8 Å². The summed E-state index contributed by atoms with van der Waals surface area (Å²) in [5.74, 6) is -0.0914. The van der Waals surface area contributed by atoms with E-state index in [9.17, 15) is 4.39 Å². The minimum absolute atomic E-state index is 0.0914. The van der Waals surface area contributed by atoms with Gasteiger partial charge in [0.15, 0.2) is 0 Å². The van der Waals surface area contributed by atoms with Gasteiger partial charge in [0.05, 0.1) is 0 Å². The van der Waals surface area contributed by atoms with Gasteiger partial charge in [0.1, 0.15) is 5.82 Å². The maximum atomic E-state index is 13.6. The van der Waals surface area contributed by atoms with Gasteiger partial charge in [0, 0.05) is 37.3 Å². The second-order valence-corrected chi connectivity index (χ2v) is 4.88. The number of halogens is 1. The van der Waals surface area contributed by atoms with Gasteiger partial charge in [0.25, 0.3) is 0 Å². The quantitative estimate of drug-likeness (QED) is 0.867. The van der Waals surface area contributed by atoms with Gasteiger partial charge in [-0.25, -0.2) is 4.39 Å². The first-order valence-electron chi connectivity index (χ1n) is 6.41. The van der Waals surface area contributed by atoms with Crippen LogP contribution in [0.25, 0.3) is 0 Å². The fourth-order valence-electron chi connectivity index (χ4n) is 2.33. The summed E-state index contributed by atoms with van der Waals surface area (Å²) >= 11 is 0. The summed E-state index contributed by atoms with van der Waals surface area (Å²) in [6.45, 7) is 7.10. The van der Waals surface area contributed by atoms with E-state index in [1.54, 1.807) is 12.1 Å². The summed E-state index contributed by atoms with van der Waals surface area (Å²) < 4.78 is 13.6. The highest BCUT2D eigenvalue weighted by Gasteiger charge is 2.24. The topological polar surface area (TPSA) is 15.3 Å². The van der Waals surface area contributed by atoms with Crippen LogP contribution in [0.15, 0.2) is 24.3 Å². The molecular formula is C14H21FN2. The Bertz CT molecular complexity index is 367. The molecule has 2 nitrogen and oxygen atoms in total. The first kappa shape index (κ1) is 12.5. The van der Waals surface area contributed by atoms with Crippen molar-refractivity contribution < 1.29 is 4.39 Å². The molecule has 0 radical (unpaired) electrons. The van der Waals surface area contributed by atoms with Crippen LogP contribution in [-0.2, 0) is 6.54 Å². The standard InChI is InChI=1S/C14H21FN2/c1-3-13-10-17(11(2)8-16-13)9-12-6-4-5-7-14(12)15/h4-7,11,13,16H,3,8-10H2,1-2H3. The highest BCUT2D eigenvalue weighted by Crippen LogP contribution is 2.15. The smallest absolute Gasteiger partial charge is 0.127 e. The molecule has 1 aliphatic heterocycles. The third kappa shape index (κ3) is 3.05. The Kier molecular flexibility index (Phi) is 4.13. The van der Waals surface area contributed by atoms with E-state index in [4.69, 9.17) is 0 Å². The average molecular weight is 236 g/mol. The van der Waals surface area contributed by atoms with Crippen LogP contribution in [-0.4, -0.2) is 30.1 Å². The molecule has 2 unspecified atom stereocenters. The number of rotatable bonds is 3. The molecule has 0 saturated carbocycles. The molecule has 1 aromatic carbocycles. The van der Waals surface area contributed by atoms with Crippen LogP contribution in [0.5, 0.6) is 0 Å². The molecule has 0 bridgehead atoms. The molecule has 2 rings (SSSR count). The number of nitrogens with one attached hydrogen (secondary N) is 1. The Morgan fingerprint density at radius 2 is 2.18 bits per heavy atom. The number of hydrogen-bond donors (Lipinski definition) is 1. The van der Waals surface area contributed by atoms with Crippen molar-refractivity contribution in [3.63, 3.8) is 0 Å². The van der Waals surface area contributed by atoms with Crippen molar-refractivity contribution in [1.29, 1.82) is 0 Å². The average Bonchev–Trinajstić information content (AvgIpc) is 2.35. The summed E-state index contributed by atoms with van der Waals surface area (Å²) in [6, 6.07) is 8.08. The predicted molar refractivity (Wildman–Crippen MR) is 68.4 cm³/mol. The summed E-state index contributed by atoms with van der Waals surface area (Å²) in [6.07, 6.45) is 1.13. The van der Waals surface area contributed by atoms with Crippen molar-refractivity contribution >= 4 is 0 Å². The lowest BCUT2D eigenvalue weighted by Crippen LogP contribution is -2.54. The highest BCUT2D eigenvalue weighted by atomic mass is 19.1. The van der Waals surface area contributed by atoms with Crippen LogP contribution < -0.4 is 5.32 Å². The zero-order chi connectivity index (χ0) is 12.3. The van der Waals surface area contributed by atoms with E-state index in [2.05, 4.69) is 24.1 Å². The second kappa shape index (κ2) is 5.61. The molecule has 1 aliphatic rings. The van der Waals surface area contributed by atoms with Gasteiger partial charge in [-0.15, -0.1) is 0 Å². The van der Waals surface area contributed by atoms with E-state index in [-0.39, 0.29) is 5.82 Å². The maximum Gasteiger partial charge on any atom is 0.127 e. The molecule has 0 aromatic heterocycles. The van der Waals surface area contributed by atoms with E-state index >= 15 is 0 Å². The van der Waals surface area contributed by atoms with Gasteiger partial charge in [-0.3, -0.25) is 4.90 Å². The maximum absolute atomic E-state index is 13.6. The normalized spacial score (nSPS) is 26.1. The lowest BCUT2D eigenvalue weighted by Gasteiger charge is -2.38. The molecule has 0 spiro atoms. The molecule has 2 atom stereocenters. The Morgan fingerprint density at radius 1 is 1.41 bits per heavy atom. The van der Waals surface area contributed by atoms with Crippen molar-refractivity contribution in [2.45, 2.75) is 38.9 Å². The molecule has 0 aliphatic carbocycles. The van der Waals surface area contributed by atoms with Gasteiger partial charge in [0.2, 0.25) is 0 Å². The lowest BCUT2D eigenvalue weighted by atomic mass is 10.1. The minimum atomic E-state index is -0.0914. The first-order chi connectivity index (χ1) is 8.20. The van der Waals surface area contributed by atoms with Crippen LogP contribution in [0.4, 0.5) is 4.39 Å². The molecule has 94 valence electrons. The molecule has 1 aromatic rings. The third-order valence-corrected chi connectivity index (χ3v) is 3.60. The van der Waals surface area contributed by atoms with Gasteiger partial charge in [-0.05, 0) is 19.4 Å². The molecule has 1 heterocycles. The van der Waals surface area contributed by atoms with E-state index in [1.807, 2.05) is 12.1 Å². The number of hydrogen-bond acceptors (Lipinski definition) is 2. The largest absolute Gasteiger partial charge is 0.311 e. The van der Waals surface area contributed by atoms with Crippen molar-refractivity contribution in [1.82, 2.24) is 10.2 Å². The summed E-state index contributed by atoms with van der Waals surface area (Å²) in [5, 5.41) is 3.51. The highest BCUT2D eigenvalue weighted by molar-refractivity contribution is 5.17. The zero-order valence-corrected chi connectivity index (χ0v) is 10.6. The van der Waals surface area contributed by atoms with E-state index in [0.29, 0.717) is 18.6 Å². The van der Waals surface area contributed by atoms with Gasteiger partial charge in [-0.1, -0.05) is 25.1 Å². The fourth-order valence-corrected chi connectivity index (χ4v) is 2.33. The lowest BCUT2D eigenvalue weighted by molar-refractivity contribution is 0.130. The van der Waals surface area contributed by atoms with Crippen LogP contribution in [0, 0.1) is 5.82 Å². The Hall–Kier alpha value is -0.930. The number of piperazine rings is 1. The summed E-state index contributed by atoms with van der Waals surface area (Å²) in [7, 11) is 0. The monoisotopic (exact) mass is 236 g/mol. The Morgan fingerprint density at radius 3 is 2.88 bits per heavy atom. The van der Waals surface area contributed by atoms with Crippen molar-refractivity contribution in [2.24, 2.45) is 0 Å². The van der Waals surface area contributed by atoms with Crippen molar-refractivity contribution in [2.75, 3.05) is 13.1 Å². The minimum Gasteiger partial charge on any atom is -0.311 e. The molecule has 1 N–H and O–H groups in total. The van der Waals surface area contributed by atoms with Crippen LogP contribution in [0.3, 0.4) is 0 Å². The number of nitrogens with zero attached hydrogens (tertiary/aromatic N) is 1. The summed E-state index contributed by atoms with van der Waals surface area (Å²) in [4.78, 5) is 2.36. The number of benzene rings is 1. The SMILES string of the molecule is CCC1CN(Cc2ccccc2F)C(C)CN1. The molecule has 3 heteroatoms.